The maximum atomic E-state index is 11.9. The monoisotopic (exact) mass is 368 g/mol. The third kappa shape index (κ3) is 4.09. The minimum absolute atomic E-state index is 0.188. The predicted octanol–water partition coefficient (Wildman–Crippen LogP) is 2.67. The molecule has 2 N–H and O–H groups in total. The lowest BCUT2D eigenvalue weighted by molar-refractivity contribution is 0.174. The standard InChI is InChI=1S/C18H16N4O5/c23-18(20-12-3-5-15-16(10-12)27-11-26-15)19-7-9-25-17-6-4-13(21-22-17)14-2-1-8-24-14/h1-6,8,10H,7,9,11H2,(H2,19,20,23). The van der Waals surface area contributed by atoms with E-state index in [2.05, 4.69) is 20.8 Å². The van der Waals surface area contributed by atoms with Gasteiger partial charge in [-0.05, 0) is 30.3 Å². The summed E-state index contributed by atoms with van der Waals surface area (Å²) < 4.78 is 21.2. The van der Waals surface area contributed by atoms with Crippen molar-refractivity contribution in [1.29, 1.82) is 0 Å². The molecule has 2 aromatic heterocycles. The molecular formula is C18H16N4O5. The van der Waals surface area contributed by atoms with Crippen LogP contribution < -0.4 is 24.8 Å². The molecule has 1 aliphatic heterocycles. The van der Waals surface area contributed by atoms with Crippen LogP contribution in [0, 0.1) is 0 Å². The van der Waals surface area contributed by atoms with Gasteiger partial charge in [-0.25, -0.2) is 4.79 Å². The molecule has 3 heterocycles. The molecule has 3 aromatic rings. The number of fused-ring (bicyclic) bond motifs is 1. The number of nitrogens with one attached hydrogen (secondary N) is 2. The van der Waals surface area contributed by atoms with Gasteiger partial charge in [0.25, 0.3) is 0 Å². The van der Waals surface area contributed by atoms with Crippen molar-refractivity contribution in [2.75, 3.05) is 25.3 Å². The number of nitrogens with zero attached hydrogens (tertiary/aromatic N) is 2. The van der Waals surface area contributed by atoms with Crippen LogP contribution in [-0.4, -0.2) is 36.2 Å². The topological polar surface area (TPSA) is 108 Å². The second-order valence-corrected chi connectivity index (χ2v) is 5.53. The number of carbonyl (C=O) groups is 1. The number of aromatic nitrogens is 2. The second-order valence-electron chi connectivity index (χ2n) is 5.53. The van der Waals surface area contributed by atoms with Gasteiger partial charge in [-0.1, -0.05) is 0 Å². The molecule has 0 aliphatic carbocycles. The van der Waals surface area contributed by atoms with Crippen LogP contribution >= 0.6 is 0 Å². The number of hydrogen-bond acceptors (Lipinski definition) is 7. The summed E-state index contributed by atoms with van der Waals surface area (Å²) in [7, 11) is 0. The van der Waals surface area contributed by atoms with E-state index in [4.69, 9.17) is 18.6 Å². The van der Waals surface area contributed by atoms with Crippen molar-refractivity contribution in [2.24, 2.45) is 0 Å². The molecule has 2 amide bonds. The number of ether oxygens (including phenoxy) is 3. The number of amides is 2. The molecule has 1 aliphatic rings. The molecule has 27 heavy (non-hydrogen) atoms. The van der Waals surface area contributed by atoms with Gasteiger partial charge in [0.05, 0.1) is 12.8 Å². The quantitative estimate of drug-likeness (QED) is 0.644. The Balaban J connectivity index is 1.20. The number of rotatable bonds is 6. The largest absolute Gasteiger partial charge is 0.475 e. The van der Waals surface area contributed by atoms with E-state index >= 15 is 0 Å². The highest BCUT2D eigenvalue weighted by molar-refractivity contribution is 5.89. The Morgan fingerprint density at radius 3 is 2.85 bits per heavy atom. The molecule has 0 atom stereocenters. The zero-order valence-corrected chi connectivity index (χ0v) is 14.2. The highest BCUT2D eigenvalue weighted by atomic mass is 16.7. The van der Waals surface area contributed by atoms with E-state index in [-0.39, 0.29) is 19.4 Å². The lowest BCUT2D eigenvalue weighted by Crippen LogP contribution is -2.32. The Morgan fingerprint density at radius 2 is 2.04 bits per heavy atom. The van der Waals surface area contributed by atoms with Crippen molar-refractivity contribution in [3.63, 3.8) is 0 Å². The first-order chi connectivity index (χ1) is 13.3. The summed E-state index contributed by atoms with van der Waals surface area (Å²) in [6.07, 6.45) is 1.57. The fourth-order valence-corrected chi connectivity index (χ4v) is 2.42. The first-order valence-corrected chi connectivity index (χ1v) is 8.23. The third-order valence-corrected chi connectivity index (χ3v) is 3.68. The fourth-order valence-electron chi connectivity index (χ4n) is 2.42. The van der Waals surface area contributed by atoms with E-state index in [0.29, 0.717) is 41.1 Å². The molecule has 0 fully saturated rings. The maximum absolute atomic E-state index is 11.9. The summed E-state index contributed by atoms with van der Waals surface area (Å²) in [4.78, 5) is 11.9. The van der Waals surface area contributed by atoms with E-state index in [1.165, 1.54) is 0 Å². The van der Waals surface area contributed by atoms with Gasteiger partial charge in [0.1, 0.15) is 12.3 Å². The second kappa shape index (κ2) is 7.65. The average molecular weight is 368 g/mol. The van der Waals surface area contributed by atoms with Crippen LogP contribution in [0.3, 0.4) is 0 Å². The molecule has 0 saturated carbocycles. The highest BCUT2D eigenvalue weighted by Gasteiger charge is 2.14. The van der Waals surface area contributed by atoms with E-state index in [1.54, 1.807) is 48.7 Å². The van der Waals surface area contributed by atoms with Crippen molar-refractivity contribution in [1.82, 2.24) is 15.5 Å². The van der Waals surface area contributed by atoms with Crippen LogP contribution in [0.15, 0.2) is 53.1 Å². The molecular weight excluding hydrogens is 352 g/mol. The van der Waals surface area contributed by atoms with E-state index in [1.807, 2.05) is 0 Å². The minimum atomic E-state index is -0.350. The summed E-state index contributed by atoms with van der Waals surface area (Å²) in [5.41, 5.74) is 1.23. The van der Waals surface area contributed by atoms with Crippen molar-refractivity contribution in [3.8, 4) is 28.8 Å². The Bertz CT molecular complexity index is 912. The van der Waals surface area contributed by atoms with Crippen LogP contribution in [0.2, 0.25) is 0 Å². The lowest BCUT2D eigenvalue weighted by atomic mass is 10.3. The molecule has 0 saturated heterocycles. The van der Waals surface area contributed by atoms with Gasteiger partial charge in [0.15, 0.2) is 17.3 Å². The van der Waals surface area contributed by atoms with Crippen LogP contribution in [0.1, 0.15) is 0 Å². The zero-order chi connectivity index (χ0) is 18.5. The molecule has 0 unspecified atom stereocenters. The number of carbonyl (C=O) groups excluding carboxylic acids is 1. The summed E-state index contributed by atoms with van der Waals surface area (Å²) >= 11 is 0. The number of furan rings is 1. The third-order valence-electron chi connectivity index (χ3n) is 3.68. The number of hydrogen-bond donors (Lipinski definition) is 2. The van der Waals surface area contributed by atoms with Crippen molar-refractivity contribution >= 4 is 11.7 Å². The first-order valence-electron chi connectivity index (χ1n) is 8.23. The van der Waals surface area contributed by atoms with E-state index < -0.39 is 0 Å². The Labute approximate surface area is 154 Å². The van der Waals surface area contributed by atoms with Crippen molar-refractivity contribution < 1.29 is 23.4 Å². The Hall–Kier alpha value is -3.75. The number of benzene rings is 1. The summed E-state index contributed by atoms with van der Waals surface area (Å²) in [6, 6.07) is 11.9. The highest BCUT2D eigenvalue weighted by Crippen LogP contribution is 2.34. The van der Waals surface area contributed by atoms with E-state index in [9.17, 15) is 4.79 Å². The molecule has 0 radical (unpaired) electrons. The number of anilines is 1. The van der Waals surface area contributed by atoms with Gasteiger partial charge in [-0.3, -0.25) is 0 Å². The van der Waals surface area contributed by atoms with Gasteiger partial charge in [0.2, 0.25) is 12.7 Å². The van der Waals surface area contributed by atoms with Gasteiger partial charge in [-0.15, -0.1) is 10.2 Å². The van der Waals surface area contributed by atoms with Crippen molar-refractivity contribution in [3.05, 3.63) is 48.7 Å². The predicted molar refractivity (Wildman–Crippen MR) is 94.8 cm³/mol. The van der Waals surface area contributed by atoms with Crippen LogP contribution in [0.5, 0.6) is 17.4 Å². The molecule has 9 nitrogen and oxygen atoms in total. The SMILES string of the molecule is O=C(NCCOc1ccc(-c2ccco2)nn1)Nc1ccc2c(c1)OCO2. The molecule has 138 valence electrons. The Morgan fingerprint density at radius 1 is 1.11 bits per heavy atom. The summed E-state index contributed by atoms with van der Waals surface area (Å²) in [5, 5.41) is 13.4. The molecule has 9 heteroatoms. The fraction of sp³-hybridized carbons (Fsp3) is 0.167. The van der Waals surface area contributed by atoms with Crippen molar-refractivity contribution in [2.45, 2.75) is 0 Å². The smallest absolute Gasteiger partial charge is 0.319 e. The van der Waals surface area contributed by atoms with Gasteiger partial charge < -0.3 is 29.3 Å². The minimum Gasteiger partial charge on any atom is -0.475 e. The molecule has 0 bridgehead atoms. The zero-order valence-electron chi connectivity index (χ0n) is 14.2. The van der Waals surface area contributed by atoms with Crippen LogP contribution in [0.25, 0.3) is 11.5 Å². The molecule has 1 aromatic carbocycles. The van der Waals surface area contributed by atoms with Gasteiger partial charge in [-0.2, -0.15) is 0 Å². The van der Waals surface area contributed by atoms with Gasteiger partial charge >= 0.3 is 6.03 Å². The Kier molecular flexibility index (Phi) is 4.73. The summed E-state index contributed by atoms with van der Waals surface area (Å²) in [6.45, 7) is 0.745. The average Bonchev–Trinajstić information content (AvgIpc) is 3.37. The summed E-state index contributed by atoms with van der Waals surface area (Å²) in [5.74, 6) is 2.26. The lowest BCUT2D eigenvalue weighted by Gasteiger charge is -2.09. The first kappa shape index (κ1) is 16.7. The van der Waals surface area contributed by atoms with Crippen LogP contribution in [0.4, 0.5) is 10.5 Å². The van der Waals surface area contributed by atoms with Crippen LogP contribution in [-0.2, 0) is 0 Å². The normalized spacial score (nSPS) is 11.9. The van der Waals surface area contributed by atoms with E-state index in [0.717, 1.165) is 0 Å². The molecule has 4 rings (SSSR count). The molecule has 0 spiro atoms. The maximum Gasteiger partial charge on any atom is 0.319 e. The van der Waals surface area contributed by atoms with Gasteiger partial charge in [0, 0.05) is 17.8 Å². The number of urea groups is 1.